The number of ether oxygens (including phenoxy) is 2. The van der Waals surface area contributed by atoms with E-state index in [0.29, 0.717) is 25.3 Å². The highest BCUT2D eigenvalue weighted by atomic mass is 16.6. The van der Waals surface area contributed by atoms with Crippen molar-refractivity contribution in [2.45, 2.75) is 31.9 Å². The fraction of sp³-hybridized carbons (Fsp3) is 0.276. The number of nitrogens with one attached hydrogen (secondary N) is 2. The van der Waals surface area contributed by atoms with Gasteiger partial charge >= 0.3 is 6.09 Å². The maximum absolute atomic E-state index is 13.2. The first kappa shape index (κ1) is 23.1. The van der Waals surface area contributed by atoms with Gasteiger partial charge in [-0.15, -0.1) is 0 Å². The second-order valence-electron chi connectivity index (χ2n) is 9.55. The highest BCUT2D eigenvalue weighted by Crippen LogP contribution is 2.33. The van der Waals surface area contributed by atoms with Crippen LogP contribution in [-0.2, 0) is 17.8 Å². The molecule has 1 atom stereocenters. The number of H-pyrrole nitrogens is 1. The largest absolute Gasteiger partial charge is 0.493 e. The molecule has 3 aromatic carbocycles. The van der Waals surface area contributed by atoms with Crippen molar-refractivity contribution in [3.05, 3.63) is 83.4 Å². The van der Waals surface area contributed by atoms with Crippen LogP contribution in [0.4, 0.5) is 4.79 Å². The van der Waals surface area contributed by atoms with E-state index in [-0.39, 0.29) is 24.6 Å². The Kier molecular flexibility index (Phi) is 6.22. The first-order valence-corrected chi connectivity index (χ1v) is 12.6. The number of aromatic amines is 1. The molecule has 1 unspecified atom stereocenters. The summed E-state index contributed by atoms with van der Waals surface area (Å²) >= 11 is 0. The van der Waals surface area contributed by atoms with Gasteiger partial charge in [0.05, 0.1) is 17.8 Å². The SMILES string of the molecule is O=C(NC1CCCN(C(=O)OCc2ccccc2)C1)c1ccc2[nH]nc(-c3ccc4c(c3)CCO4)c2c1. The van der Waals surface area contributed by atoms with Crippen LogP contribution in [0.2, 0.25) is 0 Å². The normalized spacial score (nSPS) is 16.8. The predicted molar refractivity (Wildman–Crippen MR) is 139 cm³/mol. The Bertz CT molecular complexity index is 1450. The minimum Gasteiger partial charge on any atom is -0.493 e. The average molecular weight is 497 g/mol. The van der Waals surface area contributed by atoms with E-state index in [9.17, 15) is 9.59 Å². The first-order chi connectivity index (χ1) is 18.1. The predicted octanol–water partition coefficient (Wildman–Crippen LogP) is 4.70. The molecule has 37 heavy (non-hydrogen) atoms. The number of aromatic nitrogens is 2. The lowest BCUT2D eigenvalue weighted by Crippen LogP contribution is -2.49. The van der Waals surface area contributed by atoms with E-state index >= 15 is 0 Å². The number of piperidine rings is 1. The van der Waals surface area contributed by atoms with Gasteiger partial charge in [-0.05, 0) is 60.4 Å². The van der Waals surface area contributed by atoms with Crippen LogP contribution < -0.4 is 10.1 Å². The second kappa shape index (κ2) is 9.97. The van der Waals surface area contributed by atoms with Crippen LogP contribution >= 0.6 is 0 Å². The summed E-state index contributed by atoms with van der Waals surface area (Å²) in [7, 11) is 0. The number of hydrogen-bond acceptors (Lipinski definition) is 5. The third kappa shape index (κ3) is 4.87. The van der Waals surface area contributed by atoms with Crippen molar-refractivity contribution < 1.29 is 19.1 Å². The number of carbonyl (C=O) groups is 2. The molecule has 2 N–H and O–H groups in total. The molecule has 0 bridgehead atoms. The standard InChI is InChI=1S/C29H28N4O4/c34-28(30-23-7-4-13-33(17-23)29(35)37-18-19-5-2-1-3-6-19)22-8-10-25-24(16-22)27(32-31-25)21-9-11-26-20(15-21)12-14-36-26/h1-3,5-6,8-11,15-16,23H,4,7,12-14,17-18H2,(H,30,34)(H,31,32). The third-order valence-corrected chi connectivity index (χ3v) is 7.01. The van der Waals surface area contributed by atoms with Crippen molar-refractivity contribution >= 4 is 22.9 Å². The number of fused-ring (bicyclic) bond motifs is 2. The van der Waals surface area contributed by atoms with Crippen molar-refractivity contribution in [1.82, 2.24) is 20.4 Å². The monoisotopic (exact) mass is 496 g/mol. The number of likely N-dealkylation sites (tertiary alicyclic amines) is 1. The van der Waals surface area contributed by atoms with E-state index < -0.39 is 0 Å². The van der Waals surface area contributed by atoms with Crippen LogP contribution in [0.25, 0.3) is 22.2 Å². The van der Waals surface area contributed by atoms with E-state index in [1.807, 2.05) is 54.6 Å². The van der Waals surface area contributed by atoms with Gasteiger partial charge in [0.1, 0.15) is 12.4 Å². The lowest BCUT2D eigenvalue weighted by Gasteiger charge is -2.32. The van der Waals surface area contributed by atoms with Crippen molar-refractivity contribution in [3.63, 3.8) is 0 Å². The zero-order valence-electron chi connectivity index (χ0n) is 20.4. The van der Waals surface area contributed by atoms with Gasteiger partial charge in [0.2, 0.25) is 0 Å². The molecule has 8 nitrogen and oxygen atoms in total. The summed E-state index contributed by atoms with van der Waals surface area (Å²) in [6.45, 7) is 1.98. The van der Waals surface area contributed by atoms with Gasteiger partial charge in [-0.25, -0.2) is 4.79 Å². The molecule has 8 heteroatoms. The molecule has 1 aromatic heterocycles. The van der Waals surface area contributed by atoms with Gasteiger partial charge in [0, 0.05) is 42.1 Å². The number of rotatable bonds is 5. The molecule has 2 amide bonds. The molecule has 188 valence electrons. The molecule has 1 saturated heterocycles. The smallest absolute Gasteiger partial charge is 0.410 e. The number of hydrogen-bond donors (Lipinski definition) is 2. The molecule has 2 aliphatic heterocycles. The summed E-state index contributed by atoms with van der Waals surface area (Å²) < 4.78 is 11.1. The van der Waals surface area contributed by atoms with E-state index in [1.54, 1.807) is 11.0 Å². The minimum absolute atomic E-state index is 0.137. The zero-order valence-corrected chi connectivity index (χ0v) is 20.4. The minimum atomic E-state index is -0.355. The molecule has 3 heterocycles. The molecule has 0 radical (unpaired) electrons. The van der Waals surface area contributed by atoms with Crippen molar-refractivity contribution in [3.8, 4) is 17.0 Å². The molecule has 6 rings (SSSR count). The summed E-state index contributed by atoms with van der Waals surface area (Å²) in [5.74, 6) is 0.759. The van der Waals surface area contributed by atoms with Gasteiger partial charge in [-0.1, -0.05) is 30.3 Å². The van der Waals surface area contributed by atoms with E-state index in [2.05, 4.69) is 21.6 Å². The fourth-order valence-corrected chi connectivity index (χ4v) is 5.05. The molecular weight excluding hydrogens is 468 g/mol. The third-order valence-electron chi connectivity index (χ3n) is 7.01. The average Bonchev–Trinajstić information content (AvgIpc) is 3.58. The van der Waals surface area contributed by atoms with Gasteiger partial charge in [-0.2, -0.15) is 5.10 Å². The van der Waals surface area contributed by atoms with Crippen LogP contribution in [0.15, 0.2) is 66.7 Å². The molecule has 0 spiro atoms. The summed E-state index contributed by atoms with van der Waals surface area (Å²) in [6.07, 6.45) is 2.15. The highest BCUT2D eigenvalue weighted by Gasteiger charge is 2.26. The number of amides is 2. The molecule has 0 aliphatic carbocycles. The Hall–Kier alpha value is -4.33. The highest BCUT2D eigenvalue weighted by molar-refractivity contribution is 6.01. The van der Waals surface area contributed by atoms with E-state index in [1.165, 1.54) is 5.56 Å². The Morgan fingerprint density at radius 1 is 1.11 bits per heavy atom. The van der Waals surface area contributed by atoms with Gasteiger partial charge in [0.15, 0.2) is 0 Å². The lowest BCUT2D eigenvalue weighted by atomic mass is 10.0. The first-order valence-electron chi connectivity index (χ1n) is 12.6. The number of carbonyl (C=O) groups excluding carboxylic acids is 2. The summed E-state index contributed by atoms with van der Waals surface area (Å²) in [5, 5.41) is 11.6. The van der Waals surface area contributed by atoms with Crippen LogP contribution in [-0.4, -0.2) is 52.8 Å². The second-order valence-corrected chi connectivity index (χ2v) is 9.55. The summed E-state index contributed by atoms with van der Waals surface area (Å²) in [6, 6.07) is 21.1. The maximum atomic E-state index is 13.2. The van der Waals surface area contributed by atoms with Crippen LogP contribution in [0.3, 0.4) is 0 Å². The van der Waals surface area contributed by atoms with Gasteiger partial charge < -0.3 is 19.7 Å². The topological polar surface area (TPSA) is 96.6 Å². The molecule has 1 fully saturated rings. The zero-order chi connectivity index (χ0) is 25.2. The van der Waals surface area contributed by atoms with E-state index in [0.717, 1.165) is 52.7 Å². The Balaban J connectivity index is 1.13. The Morgan fingerprint density at radius 3 is 2.89 bits per heavy atom. The molecule has 4 aromatic rings. The van der Waals surface area contributed by atoms with Gasteiger partial charge in [-0.3, -0.25) is 9.89 Å². The van der Waals surface area contributed by atoms with Gasteiger partial charge in [0.25, 0.3) is 5.91 Å². The molecule has 0 saturated carbocycles. The fourth-order valence-electron chi connectivity index (χ4n) is 5.05. The van der Waals surface area contributed by atoms with Crippen molar-refractivity contribution in [2.24, 2.45) is 0 Å². The summed E-state index contributed by atoms with van der Waals surface area (Å²) in [5.41, 5.74) is 5.35. The maximum Gasteiger partial charge on any atom is 0.410 e. The van der Waals surface area contributed by atoms with Crippen molar-refractivity contribution in [1.29, 1.82) is 0 Å². The quantitative estimate of drug-likeness (QED) is 0.418. The number of nitrogens with zero attached hydrogens (tertiary/aromatic N) is 2. The number of benzene rings is 3. The van der Waals surface area contributed by atoms with Crippen molar-refractivity contribution in [2.75, 3.05) is 19.7 Å². The van der Waals surface area contributed by atoms with Crippen LogP contribution in [0, 0.1) is 0 Å². The molecular formula is C29H28N4O4. The van der Waals surface area contributed by atoms with Crippen LogP contribution in [0.5, 0.6) is 5.75 Å². The Labute approximate surface area is 214 Å². The lowest BCUT2D eigenvalue weighted by molar-refractivity contribution is 0.0770. The van der Waals surface area contributed by atoms with E-state index in [4.69, 9.17) is 9.47 Å². The summed E-state index contributed by atoms with van der Waals surface area (Å²) in [4.78, 5) is 27.5. The Morgan fingerprint density at radius 2 is 2.00 bits per heavy atom. The van der Waals surface area contributed by atoms with Crippen LogP contribution in [0.1, 0.15) is 34.3 Å². The molecule has 2 aliphatic rings.